The van der Waals surface area contributed by atoms with Crippen LogP contribution in [0.2, 0.25) is 0 Å². The van der Waals surface area contributed by atoms with E-state index >= 15 is 0 Å². The Morgan fingerprint density at radius 2 is 1.50 bits per heavy atom. The van der Waals surface area contributed by atoms with Crippen LogP contribution in [0.3, 0.4) is 0 Å². The lowest BCUT2D eigenvalue weighted by Gasteiger charge is -2.29. The fraction of sp³-hybridized carbons (Fsp3) is 0.846. The summed E-state index contributed by atoms with van der Waals surface area (Å²) < 4.78 is 5.24. The van der Waals surface area contributed by atoms with Crippen LogP contribution in [0.1, 0.15) is 6.42 Å². The zero-order valence-electron chi connectivity index (χ0n) is 11.8. The molecule has 0 spiro atoms. The monoisotopic (exact) mass is 285 g/mol. The minimum absolute atomic E-state index is 0.0885. The number of hydrogen-bond acceptors (Lipinski definition) is 5. The zero-order valence-corrected chi connectivity index (χ0v) is 11.8. The van der Waals surface area contributed by atoms with E-state index in [0.717, 1.165) is 26.1 Å². The highest BCUT2D eigenvalue weighted by Gasteiger charge is 2.22. The number of nitrogens with zero attached hydrogens (tertiary/aromatic N) is 3. The molecule has 1 amide bonds. The van der Waals surface area contributed by atoms with Crippen LogP contribution in [0, 0.1) is 0 Å². The standard InChI is InChI=1S/C13H23N3O4/c17-12(16-6-8-20-9-7-16)10-14-2-1-3-15(5-4-14)11-13(18)19/h1-11H2,(H,18,19). The van der Waals surface area contributed by atoms with E-state index in [9.17, 15) is 9.59 Å². The van der Waals surface area contributed by atoms with Crippen LogP contribution >= 0.6 is 0 Å². The summed E-state index contributed by atoms with van der Waals surface area (Å²) in [6.45, 7) is 6.23. The van der Waals surface area contributed by atoms with E-state index in [4.69, 9.17) is 9.84 Å². The van der Waals surface area contributed by atoms with Crippen molar-refractivity contribution >= 4 is 11.9 Å². The number of aliphatic carboxylic acids is 1. The van der Waals surface area contributed by atoms with E-state index in [1.807, 2.05) is 9.80 Å². The fourth-order valence-corrected chi connectivity index (χ4v) is 2.64. The number of rotatable bonds is 4. The van der Waals surface area contributed by atoms with Crippen molar-refractivity contribution < 1.29 is 19.4 Å². The fourth-order valence-electron chi connectivity index (χ4n) is 2.64. The third kappa shape index (κ3) is 4.73. The first kappa shape index (κ1) is 15.2. The highest BCUT2D eigenvalue weighted by molar-refractivity contribution is 5.78. The summed E-state index contributed by atoms with van der Waals surface area (Å²) in [6, 6.07) is 0. The summed E-state index contributed by atoms with van der Waals surface area (Å²) >= 11 is 0. The molecule has 2 fully saturated rings. The van der Waals surface area contributed by atoms with Crippen LogP contribution in [0.15, 0.2) is 0 Å². The maximum absolute atomic E-state index is 12.2. The van der Waals surface area contributed by atoms with Gasteiger partial charge in [0.15, 0.2) is 0 Å². The number of hydrogen-bond donors (Lipinski definition) is 1. The minimum Gasteiger partial charge on any atom is -0.480 e. The molecule has 0 aliphatic carbocycles. The Morgan fingerprint density at radius 1 is 0.900 bits per heavy atom. The van der Waals surface area contributed by atoms with Crippen molar-refractivity contribution in [2.75, 3.05) is 65.6 Å². The lowest BCUT2D eigenvalue weighted by molar-refractivity contribution is -0.138. The summed E-state index contributed by atoms with van der Waals surface area (Å²) in [5.74, 6) is -0.636. The molecule has 114 valence electrons. The molecule has 2 aliphatic heterocycles. The van der Waals surface area contributed by atoms with Crippen molar-refractivity contribution in [3.63, 3.8) is 0 Å². The number of ether oxygens (including phenoxy) is 1. The Bertz CT molecular complexity index is 345. The number of carbonyl (C=O) groups excluding carboxylic acids is 1. The third-order valence-corrected chi connectivity index (χ3v) is 3.76. The predicted molar refractivity (Wildman–Crippen MR) is 72.5 cm³/mol. The van der Waals surface area contributed by atoms with Gasteiger partial charge in [0, 0.05) is 32.7 Å². The molecule has 20 heavy (non-hydrogen) atoms. The molecule has 2 aliphatic rings. The average Bonchev–Trinajstić information content (AvgIpc) is 2.65. The molecule has 1 N–H and O–H groups in total. The van der Waals surface area contributed by atoms with Gasteiger partial charge in [-0.2, -0.15) is 0 Å². The second-order valence-corrected chi connectivity index (χ2v) is 5.29. The van der Waals surface area contributed by atoms with Crippen molar-refractivity contribution in [3.05, 3.63) is 0 Å². The molecule has 2 saturated heterocycles. The average molecular weight is 285 g/mol. The SMILES string of the molecule is O=C(O)CN1CCCN(CC(=O)N2CCOCC2)CC1. The topological polar surface area (TPSA) is 73.3 Å². The largest absolute Gasteiger partial charge is 0.480 e. The highest BCUT2D eigenvalue weighted by atomic mass is 16.5. The molecule has 2 rings (SSSR count). The molecule has 0 radical (unpaired) electrons. The molecule has 7 heteroatoms. The Balaban J connectivity index is 1.75. The Morgan fingerprint density at radius 3 is 2.10 bits per heavy atom. The van der Waals surface area contributed by atoms with Crippen molar-refractivity contribution in [2.24, 2.45) is 0 Å². The van der Waals surface area contributed by atoms with Crippen LogP contribution in [0.25, 0.3) is 0 Å². The van der Waals surface area contributed by atoms with Gasteiger partial charge in [0.1, 0.15) is 0 Å². The van der Waals surface area contributed by atoms with Gasteiger partial charge in [0.05, 0.1) is 26.3 Å². The lowest BCUT2D eigenvalue weighted by atomic mass is 10.3. The maximum Gasteiger partial charge on any atom is 0.317 e. The van der Waals surface area contributed by atoms with Gasteiger partial charge in [0.2, 0.25) is 5.91 Å². The molecule has 0 aromatic rings. The summed E-state index contributed by atoms with van der Waals surface area (Å²) in [7, 11) is 0. The van der Waals surface area contributed by atoms with E-state index in [2.05, 4.69) is 4.90 Å². The quantitative estimate of drug-likeness (QED) is 0.710. The van der Waals surface area contributed by atoms with Crippen molar-refractivity contribution in [1.29, 1.82) is 0 Å². The van der Waals surface area contributed by atoms with Crippen LogP contribution in [-0.2, 0) is 14.3 Å². The predicted octanol–water partition coefficient (Wildman–Crippen LogP) is -1.06. The van der Waals surface area contributed by atoms with E-state index < -0.39 is 5.97 Å². The summed E-state index contributed by atoms with van der Waals surface area (Å²) in [4.78, 5) is 28.8. The first-order chi connectivity index (χ1) is 9.65. The number of morpholine rings is 1. The zero-order chi connectivity index (χ0) is 14.4. The van der Waals surface area contributed by atoms with Gasteiger partial charge in [-0.1, -0.05) is 0 Å². The van der Waals surface area contributed by atoms with Gasteiger partial charge in [-0.3, -0.25) is 19.4 Å². The number of amides is 1. The second-order valence-electron chi connectivity index (χ2n) is 5.29. The van der Waals surface area contributed by atoms with E-state index in [1.165, 1.54) is 0 Å². The minimum atomic E-state index is -0.789. The Labute approximate surface area is 119 Å². The molecule has 0 unspecified atom stereocenters. The molecular formula is C13H23N3O4. The lowest BCUT2D eigenvalue weighted by Crippen LogP contribution is -2.46. The first-order valence-electron chi connectivity index (χ1n) is 7.17. The Hall–Kier alpha value is -1.18. The van der Waals surface area contributed by atoms with Gasteiger partial charge in [-0.25, -0.2) is 0 Å². The molecule has 0 bridgehead atoms. The van der Waals surface area contributed by atoms with Crippen LogP contribution in [0.4, 0.5) is 0 Å². The van der Waals surface area contributed by atoms with Gasteiger partial charge in [-0.05, 0) is 13.0 Å². The van der Waals surface area contributed by atoms with Crippen LogP contribution in [-0.4, -0.2) is 97.3 Å². The van der Waals surface area contributed by atoms with E-state index in [1.54, 1.807) is 0 Å². The molecule has 0 saturated carbocycles. The van der Waals surface area contributed by atoms with E-state index in [-0.39, 0.29) is 12.5 Å². The van der Waals surface area contributed by atoms with E-state index in [0.29, 0.717) is 39.4 Å². The number of carboxylic acid groups (broad SMARTS) is 1. The van der Waals surface area contributed by atoms with Crippen molar-refractivity contribution in [1.82, 2.24) is 14.7 Å². The van der Waals surface area contributed by atoms with Crippen molar-refractivity contribution in [3.8, 4) is 0 Å². The maximum atomic E-state index is 12.2. The normalized spacial score (nSPS) is 22.5. The first-order valence-corrected chi connectivity index (χ1v) is 7.17. The second kappa shape index (κ2) is 7.56. The van der Waals surface area contributed by atoms with Crippen LogP contribution < -0.4 is 0 Å². The third-order valence-electron chi connectivity index (χ3n) is 3.76. The Kier molecular flexibility index (Phi) is 5.75. The molecular weight excluding hydrogens is 262 g/mol. The number of carbonyl (C=O) groups is 2. The molecule has 7 nitrogen and oxygen atoms in total. The van der Waals surface area contributed by atoms with Crippen molar-refractivity contribution in [2.45, 2.75) is 6.42 Å². The summed E-state index contributed by atoms with van der Waals surface area (Å²) in [5.41, 5.74) is 0. The molecule has 0 aromatic heterocycles. The van der Waals surface area contributed by atoms with Gasteiger partial charge >= 0.3 is 5.97 Å². The smallest absolute Gasteiger partial charge is 0.317 e. The summed E-state index contributed by atoms with van der Waals surface area (Å²) in [5, 5.41) is 8.81. The van der Waals surface area contributed by atoms with Gasteiger partial charge < -0.3 is 14.7 Å². The highest BCUT2D eigenvalue weighted by Crippen LogP contribution is 2.05. The molecule has 0 atom stereocenters. The molecule has 2 heterocycles. The van der Waals surface area contributed by atoms with Gasteiger partial charge in [0.25, 0.3) is 0 Å². The molecule has 0 aromatic carbocycles. The van der Waals surface area contributed by atoms with Gasteiger partial charge in [-0.15, -0.1) is 0 Å². The summed E-state index contributed by atoms with van der Waals surface area (Å²) in [6.07, 6.45) is 0.906. The number of carboxylic acids is 1. The van der Waals surface area contributed by atoms with Crippen LogP contribution in [0.5, 0.6) is 0 Å².